The summed E-state index contributed by atoms with van der Waals surface area (Å²) >= 11 is 2.01. The molecule has 1 aromatic carbocycles. The highest BCUT2D eigenvalue weighted by atomic mass is 32.2. The van der Waals surface area contributed by atoms with Crippen LogP contribution in [-0.2, 0) is 0 Å². The Kier molecular flexibility index (Phi) is 5.53. The van der Waals surface area contributed by atoms with Crippen LogP contribution in [0.4, 0.5) is 5.69 Å². The number of hydrogen-bond acceptors (Lipinski definition) is 2. The molecule has 2 heteroatoms. The molecule has 0 saturated carbocycles. The molecule has 0 saturated heterocycles. The van der Waals surface area contributed by atoms with Gasteiger partial charge in [0.15, 0.2) is 0 Å². The Morgan fingerprint density at radius 1 is 1.21 bits per heavy atom. The third-order valence-corrected chi connectivity index (χ3v) is 3.04. The van der Waals surface area contributed by atoms with Gasteiger partial charge in [-0.3, -0.25) is 0 Å². The topological polar surface area (TPSA) is 12.0 Å². The summed E-state index contributed by atoms with van der Waals surface area (Å²) in [5.41, 5.74) is 2.55. The summed E-state index contributed by atoms with van der Waals surface area (Å²) in [5.74, 6) is 2.49. The molecule has 1 N–H and O–H groups in total. The summed E-state index contributed by atoms with van der Waals surface area (Å²) in [6.45, 7) is 5.40. The molecule has 1 nitrogen and oxygen atoms in total. The Bertz CT molecular complexity index is 243. The van der Waals surface area contributed by atoms with Crippen molar-refractivity contribution in [2.45, 2.75) is 20.3 Å². The van der Waals surface area contributed by atoms with E-state index in [4.69, 9.17) is 0 Å². The van der Waals surface area contributed by atoms with Gasteiger partial charge in [-0.2, -0.15) is 11.8 Å². The first-order valence-corrected chi connectivity index (χ1v) is 6.36. The lowest BCUT2D eigenvalue weighted by Crippen LogP contribution is -2.02. The first-order chi connectivity index (χ1) is 6.83. The third kappa shape index (κ3) is 4.56. The van der Waals surface area contributed by atoms with Crippen molar-refractivity contribution in [1.29, 1.82) is 0 Å². The second-order valence-corrected chi connectivity index (χ2v) is 4.74. The number of aryl methyl sites for hydroxylation is 1. The zero-order valence-corrected chi connectivity index (χ0v) is 9.86. The van der Waals surface area contributed by atoms with E-state index < -0.39 is 0 Å². The van der Waals surface area contributed by atoms with Crippen LogP contribution in [0.1, 0.15) is 18.9 Å². The summed E-state index contributed by atoms with van der Waals surface area (Å²) < 4.78 is 0. The smallest absolute Gasteiger partial charge is 0.0340 e. The van der Waals surface area contributed by atoms with Gasteiger partial charge in [0, 0.05) is 12.2 Å². The molecule has 78 valence electrons. The third-order valence-electron chi connectivity index (χ3n) is 2.05. The highest BCUT2D eigenvalue weighted by molar-refractivity contribution is 7.99. The minimum atomic E-state index is 1.08. The lowest BCUT2D eigenvalue weighted by atomic mass is 10.2. The van der Waals surface area contributed by atoms with Crippen molar-refractivity contribution in [3.05, 3.63) is 29.8 Å². The second-order valence-electron chi connectivity index (χ2n) is 3.34. The van der Waals surface area contributed by atoms with Gasteiger partial charge in [-0.05, 0) is 37.0 Å². The maximum atomic E-state index is 3.42. The average Bonchev–Trinajstić information content (AvgIpc) is 2.21. The quantitative estimate of drug-likeness (QED) is 0.719. The fourth-order valence-electron chi connectivity index (χ4n) is 1.22. The van der Waals surface area contributed by atoms with Crippen molar-refractivity contribution in [3.8, 4) is 0 Å². The molecule has 0 bridgehead atoms. The van der Waals surface area contributed by atoms with Crippen LogP contribution in [0.15, 0.2) is 24.3 Å². The molecule has 0 aliphatic carbocycles. The van der Waals surface area contributed by atoms with Crippen molar-refractivity contribution in [1.82, 2.24) is 0 Å². The minimum Gasteiger partial charge on any atom is -0.385 e. The largest absolute Gasteiger partial charge is 0.385 e. The molecule has 0 spiro atoms. The van der Waals surface area contributed by atoms with Gasteiger partial charge in [0.1, 0.15) is 0 Å². The fourth-order valence-corrected chi connectivity index (χ4v) is 1.86. The molecular weight excluding hydrogens is 190 g/mol. The molecule has 0 heterocycles. The zero-order chi connectivity index (χ0) is 10.2. The van der Waals surface area contributed by atoms with Gasteiger partial charge in [-0.1, -0.05) is 24.6 Å². The summed E-state index contributed by atoms with van der Waals surface area (Å²) in [6.07, 6.45) is 1.24. The zero-order valence-electron chi connectivity index (χ0n) is 9.05. The standard InChI is InChI=1S/C12H19NS/c1-3-14-10-4-9-13-12-7-5-11(2)6-8-12/h5-8,13H,3-4,9-10H2,1-2H3. The van der Waals surface area contributed by atoms with E-state index >= 15 is 0 Å². The lowest BCUT2D eigenvalue weighted by molar-refractivity contribution is 0.992. The number of benzene rings is 1. The Hall–Kier alpha value is -0.630. The minimum absolute atomic E-state index is 1.08. The Morgan fingerprint density at radius 3 is 2.57 bits per heavy atom. The Morgan fingerprint density at radius 2 is 1.93 bits per heavy atom. The SMILES string of the molecule is CCSCCCNc1ccc(C)cc1. The van der Waals surface area contributed by atoms with Crippen LogP contribution < -0.4 is 5.32 Å². The molecule has 0 aromatic heterocycles. The average molecular weight is 209 g/mol. The van der Waals surface area contributed by atoms with Crippen LogP contribution in [0.25, 0.3) is 0 Å². The van der Waals surface area contributed by atoms with E-state index in [0.29, 0.717) is 0 Å². The number of nitrogens with one attached hydrogen (secondary N) is 1. The summed E-state index contributed by atoms with van der Waals surface area (Å²) in [5, 5.41) is 3.42. The van der Waals surface area contributed by atoms with Crippen LogP contribution in [-0.4, -0.2) is 18.1 Å². The van der Waals surface area contributed by atoms with Crippen molar-refractivity contribution < 1.29 is 0 Å². The van der Waals surface area contributed by atoms with Crippen molar-refractivity contribution in [3.63, 3.8) is 0 Å². The molecule has 1 aromatic rings. The van der Waals surface area contributed by atoms with Gasteiger partial charge in [0.05, 0.1) is 0 Å². The number of thioether (sulfide) groups is 1. The molecule has 0 aliphatic rings. The summed E-state index contributed by atoms with van der Waals surface area (Å²) in [7, 11) is 0. The van der Waals surface area contributed by atoms with Crippen LogP contribution >= 0.6 is 11.8 Å². The maximum Gasteiger partial charge on any atom is 0.0340 e. The summed E-state index contributed by atoms with van der Waals surface area (Å²) in [4.78, 5) is 0. The van der Waals surface area contributed by atoms with E-state index in [1.165, 1.54) is 29.2 Å². The number of rotatable bonds is 6. The molecule has 0 fully saturated rings. The van der Waals surface area contributed by atoms with E-state index in [1.54, 1.807) is 0 Å². The van der Waals surface area contributed by atoms with Crippen molar-refractivity contribution >= 4 is 17.4 Å². The van der Waals surface area contributed by atoms with E-state index in [-0.39, 0.29) is 0 Å². The van der Waals surface area contributed by atoms with E-state index in [0.717, 1.165) is 6.54 Å². The first kappa shape index (κ1) is 11.4. The highest BCUT2D eigenvalue weighted by Gasteiger charge is 1.91. The fraction of sp³-hybridized carbons (Fsp3) is 0.500. The van der Waals surface area contributed by atoms with Gasteiger partial charge in [0.2, 0.25) is 0 Å². The first-order valence-electron chi connectivity index (χ1n) is 5.21. The monoisotopic (exact) mass is 209 g/mol. The van der Waals surface area contributed by atoms with Gasteiger partial charge < -0.3 is 5.32 Å². The lowest BCUT2D eigenvalue weighted by Gasteiger charge is -2.05. The highest BCUT2D eigenvalue weighted by Crippen LogP contribution is 2.09. The molecule has 14 heavy (non-hydrogen) atoms. The molecular formula is C12H19NS. The van der Waals surface area contributed by atoms with Crippen LogP contribution in [0.3, 0.4) is 0 Å². The number of anilines is 1. The van der Waals surface area contributed by atoms with Gasteiger partial charge in [0.25, 0.3) is 0 Å². The van der Waals surface area contributed by atoms with Crippen LogP contribution in [0, 0.1) is 6.92 Å². The van der Waals surface area contributed by atoms with Crippen molar-refractivity contribution in [2.75, 3.05) is 23.4 Å². The van der Waals surface area contributed by atoms with Crippen LogP contribution in [0.2, 0.25) is 0 Å². The van der Waals surface area contributed by atoms with E-state index in [9.17, 15) is 0 Å². The van der Waals surface area contributed by atoms with E-state index in [1.807, 2.05) is 11.8 Å². The molecule has 0 radical (unpaired) electrons. The maximum absolute atomic E-state index is 3.42. The van der Waals surface area contributed by atoms with Gasteiger partial charge >= 0.3 is 0 Å². The predicted octanol–water partition coefficient (Wildman–Crippen LogP) is 3.55. The normalized spacial score (nSPS) is 10.1. The Balaban J connectivity index is 2.15. The van der Waals surface area contributed by atoms with Crippen molar-refractivity contribution in [2.24, 2.45) is 0 Å². The molecule has 0 atom stereocenters. The Labute approximate surface area is 91.3 Å². The molecule has 0 amide bonds. The predicted molar refractivity (Wildman–Crippen MR) is 67.3 cm³/mol. The van der Waals surface area contributed by atoms with Gasteiger partial charge in [-0.15, -0.1) is 0 Å². The molecule has 1 rings (SSSR count). The van der Waals surface area contributed by atoms with E-state index in [2.05, 4.69) is 43.4 Å². The second kappa shape index (κ2) is 6.77. The number of hydrogen-bond donors (Lipinski definition) is 1. The molecule has 0 aliphatic heterocycles. The molecule has 0 unspecified atom stereocenters. The van der Waals surface area contributed by atoms with Crippen LogP contribution in [0.5, 0.6) is 0 Å². The van der Waals surface area contributed by atoms with Gasteiger partial charge in [-0.25, -0.2) is 0 Å². The summed E-state index contributed by atoms with van der Waals surface area (Å²) in [6, 6.07) is 8.57.